The number of thiophene rings is 1. The molecule has 1 atom stereocenters. The molecule has 4 aromatic rings. The summed E-state index contributed by atoms with van der Waals surface area (Å²) in [4.78, 5) is 20.1. The van der Waals surface area contributed by atoms with Gasteiger partial charge in [-0.15, -0.1) is 16.4 Å². The van der Waals surface area contributed by atoms with Crippen LogP contribution in [0, 0.1) is 24.1 Å². The van der Waals surface area contributed by atoms with Gasteiger partial charge >= 0.3 is 0 Å². The van der Waals surface area contributed by atoms with Crippen LogP contribution >= 0.6 is 11.3 Å². The minimum atomic E-state index is -0.623. The van der Waals surface area contributed by atoms with Crippen molar-refractivity contribution in [3.05, 3.63) is 59.0 Å². The highest BCUT2D eigenvalue weighted by Gasteiger charge is 2.32. The van der Waals surface area contributed by atoms with Crippen molar-refractivity contribution in [2.75, 3.05) is 18.0 Å². The molecule has 0 bridgehead atoms. The summed E-state index contributed by atoms with van der Waals surface area (Å²) in [6.07, 6.45) is 5.42. The van der Waals surface area contributed by atoms with Crippen molar-refractivity contribution < 1.29 is 9.18 Å². The summed E-state index contributed by atoms with van der Waals surface area (Å²) in [5.41, 5.74) is 2.03. The molecular formula is C25H24FN7OS. The summed E-state index contributed by atoms with van der Waals surface area (Å²) in [7, 11) is 0. The standard InChI is InChI=1S/C25H24FN7OS/c1-16-15-35-22-7-10-29-24(23(16)22)33(18-4-2-9-28-13-18)25(34)19-6-5-17(12-20(19)26)21-14-32(31-30-21)11-3-8-27/h5-7,10,12,14-15,18,28H,2-4,9,11,13H2,1H3/t18-/m1/s1. The topological polar surface area (TPSA) is 99.7 Å². The number of piperidine rings is 1. The van der Waals surface area contributed by atoms with Gasteiger partial charge in [0.05, 0.1) is 36.8 Å². The number of carbonyl (C=O) groups excluding carboxylic acids is 1. The number of anilines is 1. The van der Waals surface area contributed by atoms with Crippen molar-refractivity contribution >= 4 is 33.1 Å². The average molecular weight is 490 g/mol. The number of aromatic nitrogens is 4. The Balaban J connectivity index is 1.52. The third kappa shape index (κ3) is 4.52. The minimum absolute atomic E-state index is 0.0112. The Morgan fingerprint density at radius 2 is 2.29 bits per heavy atom. The lowest BCUT2D eigenvalue weighted by Crippen LogP contribution is -2.49. The number of benzene rings is 1. The maximum absolute atomic E-state index is 15.4. The molecular weight excluding hydrogens is 465 g/mol. The molecule has 35 heavy (non-hydrogen) atoms. The summed E-state index contributed by atoms with van der Waals surface area (Å²) < 4.78 is 18.0. The van der Waals surface area contributed by atoms with E-state index in [-0.39, 0.29) is 11.6 Å². The smallest absolute Gasteiger partial charge is 0.262 e. The number of hydrogen-bond donors (Lipinski definition) is 1. The summed E-state index contributed by atoms with van der Waals surface area (Å²) in [5, 5.41) is 23.1. The van der Waals surface area contributed by atoms with Crippen LogP contribution in [0.1, 0.15) is 35.2 Å². The van der Waals surface area contributed by atoms with Crippen LogP contribution in [0.15, 0.2) is 42.0 Å². The lowest BCUT2D eigenvalue weighted by Gasteiger charge is -2.34. The average Bonchev–Trinajstić information content (AvgIpc) is 3.51. The molecule has 1 aliphatic rings. The normalized spacial score (nSPS) is 15.7. The summed E-state index contributed by atoms with van der Waals surface area (Å²) in [5.74, 6) is -0.461. The fraction of sp³-hybridized carbons (Fsp3) is 0.320. The van der Waals surface area contributed by atoms with Crippen LogP contribution in [-0.2, 0) is 6.54 Å². The van der Waals surface area contributed by atoms with E-state index >= 15 is 4.39 Å². The van der Waals surface area contributed by atoms with Crippen molar-refractivity contribution in [2.24, 2.45) is 0 Å². The molecule has 1 aliphatic heterocycles. The quantitative estimate of drug-likeness (QED) is 0.433. The van der Waals surface area contributed by atoms with E-state index in [1.165, 1.54) is 12.1 Å². The zero-order chi connectivity index (χ0) is 24.4. The van der Waals surface area contributed by atoms with E-state index in [1.807, 2.05) is 13.0 Å². The van der Waals surface area contributed by atoms with E-state index in [0.29, 0.717) is 36.6 Å². The molecule has 178 valence electrons. The molecule has 1 N–H and O–H groups in total. The SMILES string of the molecule is Cc1csc2ccnc(N(C(=O)c3ccc(-c4cn(CCC#N)nn4)cc3F)[C@@H]3CCCNC3)c12. The minimum Gasteiger partial charge on any atom is -0.315 e. The highest BCUT2D eigenvalue weighted by Crippen LogP contribution is 2.35. The Bertz CT molecular complexity index is 1420. The lowest BCUT2D eigenvalue weighted by atomic mass is 10.0. The first-order chi connectivity index (χ1) is 17.1. The van der Waals surface area contributed by atoms with Gasteiger partial charge in [-0.3, -0.25) is 14.4 Å². The van der Waals surface area contributed by atoms with Gasteiger partial charge in [0.15, 0.2) is 0 Å². The molecule has 0 aliphatic carbocycles. The van der Waals surface area contributed by atoms with Gasteiger partial charge in [-0.25, -0.2) is 9.37 Å². The number of carbonyl (C=O) groups is 1. The molecule has 3 aromatic heterocycles. The van der Waals surface area contributed by atoms with Crippen molar-refractivity contribution in [1.29, 1.82) is 5.26 Å². The van der Waals surface area contributed by atoms with Gasteiger partial charge in [0.25, 0.3) is 5.91 Å². The number of fused-ring (bicyclic) bond motifs is 1. The third-order valence-corrected chi connectivity index (χ3v) is 7.28. The van der Waals surface area contributed by atoms with Gasteiger partial charge in [-0.1, -0.05) is 11.3 Å². The second-order valence-corrected chi connectivity index (χ2v) is 9.48. The lowest BCUT2D eigenvalue weighted by molar-refractivity contribution is 0.0968. The number of nitrogens with one attached hydrogen (secondary N) is 1. The summed E-state index contributed by atoms with van der Waals surface area (Å²) >= 11 is 1.61. The second kappa shape index (κ2) is 9.90. The predicted molar refractivity (Wildman–Crippen MR) is 133 cm³/mol. The molecule has 1 fully saturated rings. The van der Waals surface area contributed by atoms with Crippen LogP contribution < -0.4 is 10.2 Å². The Morgan fingerprint density at radius 3 is 3.06 bits per heavy atom. The monoisotopic (exact) mass is 489 g/mol. The highest BCUT2D eigenvalue weighted by atomic mass is 32.1. The molecule has 5 rings (SSSR count). The van der Waals surface area contributed by atoms with Gasteiger partial charge < -0.3 is 5.32 Å². The number of pyridine rings is 1. The summed E-state index contributed by atoms with van der Waals surface area (Å²) in [6, 6.07) is 8.36. The van der Waals surface area contributed by atoms with Crippen LogP contribution in [-0.4, -0.2) is 45.0 Å². The second-order valence-electron chi connectivity index (χ2n) is 8.57. The Kier molecular flexibility index (Phi) is 6.53. The fourth-order valence-corrected chi connectivity index (χ4v) is 5.40. The Hall–Kier alpha value is -3.68. The van der Waals surface area contributed by atoms with Crippen LogP contribution in [0.25, 0.3) is 21.3 Å². The number of aryl methyl sites for hydroxylation is 2. The zero-order valence-corrected chi connectivity index (χ0v) is 20.1. The summed E-state index contributed by atoms with van der Waals surface area (Å²) in [6.45, 7) is 3.93. The molecule has 0 spiro atoms. The molecule has 8 nitrogen and oxygen atoms in total. The van der Waals surface area contributed by atoms with Gasteiger partial charge in [0, 0.05) is 28.4 Å². The zero-order valence-electron chi connectivity index (χ0n) is 19.2. The van der Waals surface area contributed by atoms with E-state index in [1.54, 1.807) is 39.4 Å². The maximum atomic E-state index is 15.4. The fourth-order valence-electron chi connectivity index (χ4n) is 4.47. The van der Waals surface area contributed by atoms with Crippen LogP contribution in [0.4, 0.5) is 10.2 Å². The highest BCUT2D eigenvalue weighted by molar-refractivity contribution is 7.17. The largest absolute Gasteiger partial charge is 0.315 e. The van der Waals surface area contributed by atoms with Gasteiger partial charge in [-0.2, -0.15) is 5.26 Å². The van der Waals surface area contributed by atoms with Crippen LogP contribution in [0.2, 0.25) is 0 Å². The number of nitriles is 1. The van der Waals surface area contributed by atoms with E-state index in [2.05, 4.69) is 32.1 Å². The van der Waals surface area contributed by atoms with E-state index in [0.717, 1.165) is 35.0 Å². The number of amides is 1. The van der Waals surface area contributed by atoms with Crippen LogP contribution in [0.3, 0.4) is 0 Å². The first-order valence-electron chi connectivity index (χ1n) is 11.5. The third-order valence-electron chi connectivity index (χ3n) is 6.22. The Labute approximate surface area is 206 Å². The van der Waals surface area contributed by atoms with E-state index < -0.39 is 11.7 Å². The maximum Gasteiger partial charge on any atom is 0.262 e. The Morgan fingerprint density at radius 1 is 1.40 bits per heavy atom. The van der Waals surface area contributed by atoms with E-state index in [9.17, 15) is 4.79 Å². The molecule has 1 saturated heterocycles. The van der Waals surface area contributed by atoms with Crippen molar-refractivity contribution in [1.82, 2.24) is 25.3 Å². The number of rotatable bonds is 6. The molecule has 1 aromatic carbocycles. The first kappa shape index (κ1) is 23.1. The van der Waals surface area contributed by atoms with Crippen molar-refractivity contribution in [2.45, 2.75) is 38.8 Å². The molecule has 4 heterocycles. The van der Waals surface area contributed by atoms with Gasteiger partial charge in [-0.05, 0) is 55.5 Å². The van der Waals surface area contributed by atoms with Crippen molar-refractivity contribution in [3.8, 4) is 17.3 Å². The number of nitrogens with zero attached hydrogens (tertiary/aromatic N) is 6. The van der Waals surface area contributed by atoms with Gasteiger partial charge in [0.2, 0.25) is 0 Å². The predicted octanol–water partition coefficient (Wildman–Crippen LogP) is 4.31. The van der Waals surface area contributed by atoms with Crippen molar-refractivity contribution in [3.63, 3.8) is 0 Å². The molecule has 1 amide bonds. The van der Waals surface area contributed by atoms with Crippen LogP contribution in [0.5, 0.6) is 0 Å². The number of hydrogen-bond acceptors (Lipinski definition) is 7. The molecule has 10 heteroatoms. The molecule has 0 saturated carbocycles. The number of halogens is 1. The van der Waals surface area contributed by atoms with E-state index in [4.69, 9.17) is 5.26 Å². The molecule has 0 radical (unpaired) electrons. The first-order valence-corrected chi connectivity index (χ1v) is 12.4. The molecule has 0 unspecified atom stereocenters. The van der Waals surface area contributed by atoms with Gasteiger partial charge in [0.1, 0.15) is 17.3 Å².